The minimum Gasteiger partial charge on any atom is -0.495 e. The molecular weight excluding hydrogens is 458 g/mol. The average Bonchev–Trinajstić information content (AvgIpc) is 3.09. The third kappa shape index (κ3) is 5.07. The number of methoxy groups -OCH3 is 1. The van der Waals surface area contributed by atoms with E-state index in [4.69, 9.17) is 9.47 Å². The van der Waals surface area contributed by atoms with E-state index in [1.807, 2.05) is 0 Å². The van der Waals surface area contributed by atoms with E-state index >= 15 is 0 Å². The minimum absolute atomic E-state index is 0.00260. The number of aromatic amines is 1. The highest BCUT2D eigenvalue weighted by atomic mass is 32.2. The van der Waals surface area contributed by atoms with E-state index in [9.17, 15) is 18.0 Å². The van der Waals surface area contributed by atoms with Gasteiger partial charge in [-0.05, 0) is 63.1 Å². The van der Waals surface area contributed by atoms with E-state index < -0.39 is 21.9 Å². The van der Waals surface area contributed by atoms with Gasteiger partial charge in [0.25, 0.3) is 15.9 Å². The van der Waals surface area contributed by atoms with Crippen LogP contribution >= 0.6 is 0 Å². The van der Waals surface area contributed by atoms with Crippen molar-refractivity contribution >= 4 is 33.3 Å². The molecule has 180 valence electrons. The summed E-state index contributed by atoms with van der Waals surface area (Å²) in [6, 6.07) is 11.2. The molecule has 0 aliphatic heterocycles. The van der Waals surface area contributed by atoms with Crippen molar-refractivity contribution < 1.29 is 27.5 Å². The summed E-state index contributed by atoms with van der Waals surface area (Å²) in [7, 11) is -2.53. The molecule has 1 amide bonds. The van der Waals surface area contributed by atoms with Crippen molar-refractivity contribution in [3.8, 4) is 5.75 Å². The first-order chi connectivity index (χ1) is 16.1. The number of esters is 1. The molecule has 10 heteroatoms. The summed E-state index contributed by atoms with van der Waals surface area (Å²) in [6.07, 6.45) is 0. The van der Waals surface area contributed by atoms with Gasteiger partial charge in [-0.2, -0.15) is 0 Å². The van der Waals surface area contributed by atoms with Crippen LogP contribution < -0.4 is 14.8 Å². The predicted molar refractivity (Wildman–Crippen MR) is 129 cm³/mol. The number of carbonyl (C=O) groups is 2. The van der Waals surface area contributed by atoms with E-state index in [0.717, 1.165) is 0 Å². The molecule has 0 fully saturated rings. The number of hydrogen-bond acceptors (Lipinski definition) is 6. The topological polar surface area (TPSA) is 127 Å². The molecule has 9 nitrogen and oxygen atoms in total. The number of para-hydroxylation sites is 2. The summed E-state index contributed by atoms with van der Waals surface area (Å²) in [6.45, 7) is 6.90. The van der Waals surface area contributed by atoms with Crippen LogP contribution in [0.5, 0.6) is 5.75 Å². The van der Waals surface area contributed by atoms with Crippen LogP contribution in [-0.4, -0.2) is 39.0 Å². The minimum atomic E-state index is -3.98. The highest BCUT2D eigenvalue weighted by Gasteiger charge is 2.24. The number of hydrogen-bond donors (Lipinski definition) is 3. The summed E-state index contributed by atoms with van der Waals surface area (Å²) < 4.78 is 39.0. The Hall–Kier alpha value is -3.79. The van der Waals surface area contributed by atoms with E-state index in [1.165, 1.54) is 13.2 Å². The Labute approximate surface area is 198 Å². The Morgan fingerprint density at radius 1 is 1.06 bits per heavy atom. The van der Waals surface area contributed by atoms with Crippen LogP contribution in [0.2, 0.25) is 0 Å². The molecule has 3 aromatic rings. The van der Waals surface area contributed by atoms with E-state index in [0.29, 0.717) is 33.8 Å². The first-order valence-electron chi connectivity index (χ1n) is 10.5. The van der Waals surface area contributed by atoms with Crippen LogP contribution in [0.25, 0.3) is 0 Å². The molecule has 0 aliphatic rings. The maximum absolute atomic E-state index is 13.1. The first kappa shape index (κ1) is 24.8. The molecule has 0 atom stereocenters. The molecule has 0 saturated heterocycles. The summed E-state index contributed by atoms with van der Waals surface area (Å²) in [4.78, 5) is 28.1. The summed E-state index contributed by atoms with van der Waals surface area (Å²) in [5.41, 5.74) is 2.53. The maximum Gasteiger partial charge on any atom is 0.340 e. The number of sulfonamides is 1. The predicted octanol–water partition coefficient (Wildman–Crippen LogP) is 4.18. The van der Waals surface area contributed by atoms with Crippen molar-refractivity contribution in [3.05, 3.63) is 70.5 Å². The lowest BCUT2D eigenvalue weighted by atomic mass is 10.1. The average molecular weight is 486 g/mol. The Morgan fingerprint density at radius 3 is 2.44 bits per heavy atom. The molecule has 0 aliphatic carbocycles. The van der Waals surface area contributed by atoms with Gasteiger partial charge in [0.15, 0.2) is 0 Å². The van der Waals surface area contributed by atoms with Crippen LogP contribution in [0.3, 0.4) is 0 Å². The molecule has 0 unspecified atom stereocenters. The van der Waals surface area contributed by atoms with Crippen molar-refractivity contribution in [2.75, 3.05) is 23.8 Å². The fourth-order valence-corrected chi connectivity index (χ4v) is 4.92. The number of H-pyrrole nitrogens is 1. The molecule has 0 bridgehead atoms. The number of aryl methyl sites for hydroxylation is 2. The van der Waals surface area contributed by atoms with Gasteiger partial charge in [0.05, 0.1) is 29.9 Å². The van der Waals surface area contributed by atoms with Gasteiger partial charge in [-0.15, -0.1) is 0 Å². The molecule has 0 spiro atoms. The zero-order chi connectivity index (χ0) is 25.0. The number of benzene rings is 2. The lowest BCUT2D eigenvalue weighted by Gasteiger charge is -2.14. The molecule has 1 heterocycles. The van der Waals surface area contributed by atoms with Crippen molar-refractivity contribution in [1.29, 1.82) is 0 Å². The van der Waals surface area contributed by atoms with E-state index in [2.05, 4.69) is 15.0 Å². The van der Waals surface area contributed by atoms with Gasteiger partial charge in [-0.1, -0.05) is 18.2 Å². The van der Waals surface area contributed by atoms with Gasteiger partial charge in [-0.3, -0.25) is 9.52 Å². The number of ether oxygens (including phenoxy) is 2. The summed E-state index contributed by atoms with van der Waals surface area (Å²) >= 11 is 0. The lowest BCUT2D eigenvalue weighted by molar-refractivity contribution is 0.0525. The number of aromatic nitrogens is 1. The zero-order valence-corrected chi connectivity index (χ0v) is 20.4. The quantitative estimate of drug-likeness (QED) is 0.411. The third-order valence-corrected chi connectivity index (χ3v) is 6.74. The van der Waals surface area contributed by atoms with E-state index in [-0.39, 0.29) is 22.9 Å². The molecule has 3 rings (SSSR count). The Bertz CT molecular complexity index is 1340. The zero-order valence-electron chi connectivity index (χ0n) is 19.6. The van der Waals surface area contributed by atoms with Crippen LogP contribution in [0.4, 0.5) is 11.4 Å². The Kier molecular flexibility index (Phi) is 7.31. The van der Waals surface area contributed by atoms with Crippen LogP contribution in [0.15, 0.2) is 47.4 Å². The number of nitrogens with one attached hydrogen (secondary N) is 3. The monoisotopic (exact) mass is 485 g/mol. The standard InChI is InChI=1S/C24H27N3O6S/c1-6-33-24(29)21-15(3)22(25-16(21)4)23(28)26-17-12-11-14(2)20(13-17)34(30,31)27-18-9-7-8-10-19(18)32-5/h7-13,25,27H,6H2,1-5H3,(H,26,28). The van der Waals surface area contributed by atoms with Crippen molar-refractivity contribution in [3.63, 3.8) is 0 Å². The normalized spacial score (nSPS) is 11.1. The van der Waals surface area contributed by atoms with Gasteiger partial charge in [0, 0.05) is 11.4 Å². The molecule has 1 aromatic heterocycles. The fourth-order valence-electron chi connectivity index (χ4n) is 3.58. The number of rotatable bonds is 8. The molecule has 0 saturated carbocycles. The Balaban J connectivity index is 1.89. The fraction of sp³-hybridized carbons (Fsp3) is 0.250. The largest absolute Gasteiger partial charge is 0.495 e. The Morgan fingerprint density at radius 2 is 1.76 bits per heavy atom. The smallest absolute Gasteiger partial charge is 0.340 e. The summed E-state index contributed by atoms with van der Waals surface area (Å²) in [5.74, 6) is -0.650. The van der Waals surface area contributed by atoms with E-state index in [1.54, 1.807) is 64.1 Å². The summed E-state index contributed by atoms with van der Waals surface area (Å²) in [5, 5.41) is 2.70. The van der Waals surface area contributed by atoms with Crippen LogP contribution in [-0.2, 0) is 14.8 Å². The molecular formula is C24H27N3O6S. The SMILES string of the molecule is CCOC(=O)c1c(C)[nH]c(C(=O)Nc2ccc(C)c(S(=O)(=O)Nc3ccccc3OC)c2)c1C. The van der Waals surface area contributed by atoms with Gasteiger partial charge >= 0.3 is 5.97 Å². The number of anilines is 2. The maximum atomic E-state index is 13.1. The van der Waals surface area contributed by atoms with Gasteiger partial charge in [0.2, 0.25) is 0 Å². The molecule has 2 aromatic carbocycles. The first-order valence-corrected chi connectivity index (χ1v) is 12.0. The lowest BCUT2D eigenvalue weighted by Crippen LogP contribution is -2.17. The molecule has 0 radical (unpaired) electrons. The van der Waals surface area contributed by atoms with Crippen molar-refractivity contribution in [2.45, 2.75) is 32.6 Å². The van der Waals surface area contributed by atoms with Gasteiger partial charge in [0.1, 0.15) is 11.4 Å². The highest BCUT2D eigenvalue weighted by Crippen LogP contribution is 2.28. The second kappa shape index (κ2) is 10.0. The second-order valence-electron chi connectivity index (χ2n) is 7.59. The van der Waals surface area contributed by atoms with Gasteiger partial charge < -0.3 is 19.8 Å². The van der Waals surface area contributed by atoms with Gasteiger partial charge in [-0.25, -0.2) is 13.2 Å². The van der Waals surface area contributed by atoms with Crippen LogP contribution in [0, 0.1) is 20.8 Å². The highest BCUT2D eigenvalue weighted by molar-refractivity contribution is 7.92. The molecule has 3 N–H and O–H groups in total. The third-order valence-electron chi connectivity index (χ3n) is 5.23. The van der Waals surface area contributed by atoms with Crippen molar-refractivity contribution in [1.82, 2.24) is 4.98 Å². The second-order valence-corrected chi connectivity index (χ2v) is 9.24. The van der Waals surface area contributed by atoms with Crippen LogP contribution in [0.1, 0.15) is 44.6 Å². The number of carbonyl (C=O) groups excluding carboxylic acids is 2. The molecule has 34 heavy (non-hydrogen) atoms. The van der Waals surface area contributed by atoms with Crippen molar-refractivity contribution in [2.24, 2.45) is 0 Å². The number of amides is 1.